The van der Waals surface area contributed by atoms with Crippen LogP contribution in [-0.4, -0.2) is 18.9 Å². The smallest absolute Gasteiger partial charge is 0.216 e. The Hall–Kier alpha value is -1.84. The maximum absolute atomic E-state index is 10.6. The third kappa shape index (κ3) is 4.26. The molecule has 4 heteroatoms. The zero-order valence-corrected chi connectivity index (χ0v) is 8.62. The Morgan fingerprint density at radius 1 is 1.33 bits per heavy atom. The number of carbonyl (C=O) groups is 2. The van der Waals surface area contributed by atoms with Gasteiger partial charge in [0.05, 0.1) is 0 Å². The summed E-state index contributed by atoms with van der Waals surface area (Å²) >= 11 is 0. The van der Waals surface area contributed by atoms with Crippen LogP contribution in [0.2, 0.25) is 0 Å². The fraction of sp³-hybridized carbons (Fsp3) is 0.273. The van der Waals surface area contributed by atoms with E-state index in [1.807, 2.05) is 24.3 Å². The molecule has 0 unspecified atom stereocenters. The van der Waals surface area contributed by atoms with Gasteiger partial charge in [0.15, 0.2) is 0 Å². The SMILES string of the molecule is CC(=O)NCCc1ccc(NC=O)cc1. The molecule has 15 heavy (non-hydrogen) atoms. The lowest BCUT2D eigenvalue weighted by molar-refractivity contribution is -0.118. The number of carbonyl (C=O) groups excluding carboxylic acids is 2. The molecule has 1 rings (SSSR count). The quantitative estimate of drug-likeness (QED) is 0.704. The van der Waals surface area contributed by atoms with Crippen molar-refractivity contribution in [3.8, 4) is 0 Å². The van der Waals surface area contributed by atoms with E-state index in [1.54, 1.807) is 0 Å². The number of benzene rings is 1. The highest BCUT2D eigenvalue weighted by atomic mass is 16.1. The molecule has 0 fully saturated rings. The Labute approximate surface area is 88.7 Å². The fourth-order valence-corrected chi connectivity index (χ4v) is 1.22. The Morgan fingerprint density at radius 3 is 2.53 bits per heavy atom. The largest absolute Gasteiger partial charge is 0.356 e. The Kier molecular flexibility index (Phi) is 4.34. The summed E-state index contributed by atoms with van der Waals surface area (Å²) in [5.41, 5.74) is 1.90. The molecule has 0 aliphatic heterocycles. The molecule has 0 aliphatic carbocycles. The Morgan fingerprint density at radius 2 is 2.00 bits per heavy atom. The highest BCUT2D eigenvalue weighted by Gasteiger charge is 1.95. The molecule has 1 aromatic rings. The van der Waals surface area contributed by atoms with Gasteiger partial charge in [-0.1, -0.05) is 12.1 Å². The average molecular weight is 206 g/mol. The number of hydrogen-bond donors (Lipinski definition) is 2. The van der Waals surface area contributed by atoms with Crippen LogP contribution in [0.5, 0.6) is 0 Å². The van der Waals surface area contributed by atoms with E-state index in [4.69, 9.17) is 0 Å². The molecular weight excluding hydrogens is 192 g/mol. The number of rotatable bonds is 5. The zero-order valence-electron chi connectivity index (χ0n) is 8.62. The summed E-state index contributed by atoms with van der Waals surface area (Å²) in [6.45, 7) is 2.13. The van der Waals surface area contributed by atoms with Crippen molar-refractivity contribution in [3.63, 3.8) is 0 Å². The standard InChI is InChI=1S/C11H14N2O2/c1-9(15)12-7-6-10-2-4-11(5-3-10)13-8-14/h2-5,8H,6-7H2,1H3,(H,12,15)(H,13,14). The highest BCUT2D eigenvalue weighted by Crippen LogP contribution is 2.08. The summed E-state index contributed by atoms with van der Waals surface area (Å²) in [7, 11) is 0. The molecule has 0 heterocycles. The molecule has 0 saturated carbocycles. The summed E-state index contributed by atoms with van der Waals surface area (Å²) < 4.78 is 0. The summed E-state index contributed by atoms with van der Waals surface area (Å²) in [6, 6.07) is 7.51. The van der Waals surface area contributed by atoms with E-state index in [0.29, 0.717) is 13.0 Å². The van der Waals surface area contributed by atoms with E-state index in [-0.39, 0.29) is 5.91 Å². The van der Waals surface area contributed by atoms with Gasteiger partial charge in [-0.3, -0.25) is 9.59 Å². The first kappa shape index (κ1) is 11.2. The molecule has 0 radical (unpaired) electrons. The predicted octanol–water partition coefficient (Wildman–Crippen LogP) is 0.933. The van der Waals surface area contributed by atoms with Crippen LogP contribution in [0.15, 0.2) is 24.3 Å². The van der Waals surface area contributed by atoms with Crippen molar-refractivity contribution in [2.75, 3.05) is 11.9 Å². The first-order chi connectivity index (χ1) is 7.22. The molecule has 0 bridgehead atoms. The van der Waals surface area contributed by atoms with Gasteiger partial charge in [0, 0.05) is 19.2 Å². The third-order valence-electron chi connectivity index (χ3n) is 1.97. The topological polar surface area (TPSA) is 58.2 Å². The van der Waals surface area contributed by atoms with Gasteiger partial charge >= 0.3 is 0 Å². The van der Waals surface area contributed by atoms with Crippen LogP contribution < -0.4 is 10.6 Å². The zero-order chi connectivity index (χ0) is 11.1. The van der Waals surface area contributed by atoms with Crippen molar-refractivity contribution in [3.05, 3.63) is 29.8 Å². The van der Waals surface area contributed by atoms with Crippen LogP contribution in [0.1, 0.15) is 12.5 Å². The van der Waals surface area contributed by atoms with Gasteiger partial charge in [-0.25, -0.2) is 0 Å². The van der Waals surface area contributed by atoms with Crippen LogP contribution in [0.4, 0.5) is 5.69 Å². The second kappa shape index (κ2) is 5.80. The van der Waals surface area contributed by atoms with E-state index in [0.717, 1.165) is 17.7 Å². The normalized spacial score (nSPS) is 9.40. The molecule has 0 saturated heterocycles. The average Bonchev–Trinajstić information content (AvgIpc) is 2.20. The third-order valence-corrected chi connectivity index (χ3v) is 1.97. The van der Waals surface area contributed by atoms with Crippen molar-refractivity contribution in [2.45, 2.75) is 13.3 Å². The Bertz CT molecular complexity index is 333. The van der Waals surface area contributed by atoms with E-state index < -0.39 is 0 Å². The van der Waals surface area contributed by atoms with Crippen molar-refractivity contribution >= 4 is 18.0 Å². The van der Waals surface area contributed by atoms with Crippen LogP contribution in [-0.2, 0) is 16.0 Å². The Balaban J connectivity index is 2.42. The van der Waals surface area contributed by atoms with E-state index in [2.05, 4.69) is 10.6 Å². The maximum atomic E-state index is 10.6. The van der Waals surface area contributed by atoms with Crippen molar-refractivity contribution < 1.29 is 9.59 Å². The molecule has 0 atom stereocenters. The van der Waals surface area contributed by atoms with Gasteiger partial charge < -0.3 is 10.6 Å². The molecule has 0 aromatic heterocycles. The minimum atomic E-state index is -0.0192. The molecule has 2 amide bonds. The van der Waals surface area contributed by atoms with Gasteiger partial charge in [0.2, 0.25) is 12.3 Å². The highest BCUT2D eigenvalue weighted by molar-refractivity contribution is 5.72. The lowest BCUT2D eigenvalue weighted by atomic mass is 10.1. The van der Waals surface area contributed by atoms with Crippen molar-refractivity contribution in [2.24, 2.45) is 0 Å². The van der Waals surface area contributed by atoms with Gasteiger partial charge in [-0.2, -0.15) is 0 Å². The predicted molar refractivity (Wildman–Crippen MR) is 58.5 cm³/mol. The maximum Gasteiger partial charge on any atom is 0.216 e. The lowest BCUT2D eigenvalue weighted by Crippen LogP contribution is -2.22. The van der Waals surface area contributed by atoms with Gasteiger partial charge in [0.25, 0.3) is 0 Å². The van der Waals surface area contributed by atoms with Crippen LogP contribution >= 0.6 is 0 Å². The number of hydrogen-bond acceptors (Lipinski definition) is 2. The first-order valence-corrected chi connectivity index (χ1v) is 4.76. The van der Waals surface area contributed by atoms with Crippen LogP contribution in [0.25, 0.3) is 0 Å². The van der Waals surface area contributed by atoms with Crippen molar-refractivity contribution in [1.29, 1.82) is 0 Å². The van der Waals surface area contributed by atoms with Crippen LogP contribution in [0, 0.1) is 0 Å². The molecule has 2 N–H and O–H groups in total. The van der Waals surface area contributed by atoms with Crippen LogP contribution in [0.3, 0.4) is 0 Å². The number of nitrogens with one attached hydrogen (secondary N) is 2. The first-order valence-electron chi connectivity index (χ1n) is 4.76. The summed E-state index contributed by atoms with van der Waals surface area (Å²) in [5.74, 6) is -0.0192. The summed E-state index contributed by atoms with van der Waals surface area (Å²) in [5, 5.41) is 5.28. The molecule has 80 valence electrons. The van der Waals surface area contributed by atoms with E-state index in [9.17, 15) is 9.59 Å². The van der Waals surface area contributed by atoms with Crippen molar-refractivity contribution in [1.82, 2.24) is 5.32 Å². The second-order valence-corrected chi connectivity index (χ2v) is 3.19. The molecule has 0 aliphatic rings. The second-order valence-electron chi connectivity index (χ2n) is 3.19. The minimum Gasteiger partial charge on any atom is -0.356 e. The summed E-state index contributed by atoms with van der Waals surface area (Å²) in [6.07, 6.45) is 1.44. The van der Waals surface area contributed by atoms with E-state index in [1.165, 1.54) is 6.92 Å². The molecule has 4 nitrogen and oxygen atoms in total. The lowest BCUT2D eigenvalue weighted by Gasteiger charge is -2.03. The minimum absolute atomic E-state index is 0.0192. The van der Waals surface area contributed by atoms with Gasteiger partial charge in [-0.05, 0) is 24.1 Å². The molecule has 1 aromatic carbocycles. The van der Waals surface area contributed by atoms with E-state index >= 15 is 0 Å². The fourth-order valence-electron chi connectivity index (χ4n) is 1.22. The molecule has 0 spiro atoms. The van der Waals surface area contributed by atoms with Gasteiger partial charge in [-0.15, -0.1) is 0 Å². The monoisotopic (exact) mass is 206 g/mol. The molecular formula is C11H14N2O2. The van der Waals surface area contributed by atoms with Gasteiger partial charge in [0.1, 0.15) is 0 Å². The number of anilines is 1. The number of amides is 2. The summed E-state index contributed by atoms with van der Waals surface area (Å²) in [4.78, 5) is 20.8.